The van der Waals surface area contributed by atoms with Gasteiger partial charge in [-0.2, -0.15) is 0 Å². The highest BCUT2D eigenvalue weighted by Gasteiger charge is 2.17. The Balaban J connectivity index is 2.93. The molecular formula is C16H26F2N2O. The number of halogens is 2. The average Bonchev–Trinajstić information content (AvgIpc) is 2.38. The molecule has 1 rings (SSSR count). The third kappa shape index (κ3) is 5.59. The second kappa shape index (κ2) is 7.71. The molecule has 0 saturated carbocycles. The molecule has 5 heteroatoms. The van der Waals surface area contributed by atoms with Gasteiger partial charge < -0.3 is 15.3 Å². The van der Waals surface area contributed by atoms with Gasteiger partial charge in [0.2, 0.25) is 0 Å². The number of aliphatic hydroxyl groups is 1. The molecule has 0 aliphatic heterocycles. The number of nitrogens with zero attached hydrogens (tertiary/aromatic N) is 1. The Labute approximate surface area is 126 Å². The maximum Gasteiger partial charge on any atom is 0.149 e. The SMILES string of the molecule is CCN(CCCO)c1c(F)cc(CNC(C)(C)C)cc1F. The lowest BCUT2D eigenvalue weighted by Gasteiger charge is -2.25. The number of hydrogen-bond donors (Lipinski definition) is 2. The predicted molar refractivity (Wildman–Crippen MR) is 82.5 cm³/mol. The van der Waals surface area contributed by atoms with Crippen molar-refractivity contribution in [1.29, 1.82) is 0 Å². The first-order valence-corrected chi connectivity index (χ1v) is 7.37. The minimum atomic E-state index is -0.555. The molecule has 1 aromatic carbocycles. The Bertz CT molecular complexity index is 435. The number of rotatable bonds is 7. The molecule has 0 aliphatic rings. The van der Waals surface area contributed by atoms with Crippen LogP contribution in [-0.2, 0) is 6.54 Å². The number of aliphatic hydroxyl groups excluding tert-OH is 1. The van der Waals surface area contributed by atoms with Crippen molar-refractivity contribution in [3.05, 3.63) is 29.3 Å². The lowest BCUT2D eigenvalue weighted by atomic mass is 10.1. The highest BCUT2D eigenvalue weighted by Crippen LogP contribution is 2.25. The molecule has 0 amide bonds. The molecule has 0 heterocycles. The van der Waals surface area contributed by atoms with Crippen molar-refractivity contribution in [3.63, 3.8) is 0 Å². The van der Waals surface area contributed by atoms with Crippen molar-refractivity contribution in [2.75, 3.05) is 24.6 Å². The van der Waals surface area contributed by atoms with Crippen molar-refractivity contribution >= 4 is 5.69 Å². The maximum atomic E-state index is 14.2. The number of hydrogen-bond acceptors (Lipinski definition) is 3. The normalized spacial score (nSPS) is 11.8. The molecule has 0 fully saturated rings. The highest BCUT2D eigenvalue weighted by atomic mass is 19.1. The summed E-state index contributed by atoms with van der Waals surface area (Å²) in [6, 6.07) is 2.75. The minimum Gasteiger partial charge on any atom is -0.396 e. The summed E-state index contributed by atoms with van der Waals surface area (Å²) in [5.41, 5.74) is 0.467. The van der Waals surface area contributed by atoms with Gasteiger partial charge in [-0.1, -0.05) is 0 Å². The van der Waals surface area contributed by atoms with Gasteiger partial charge in [0.05, 0.1) is 0 Å². The average molecular weight is 300 g/mol. The Kier molecular flexibility index (Phi) is 6.55. The van der Waals surface area contributed by atoms with Crippen LogP contribution < -0.4 is 10.2 Å². The van der Waals surface area contributed by atoms with Crippen LogP contribution in [-0.4, -0.2) is 30.3 Å². The molecule has 2 N–H and O–H groups in total. The minimum absolute atomic E-state index is 0.00727. The molecule has 0 aromatic heterocycles. The van der Waals surface area contributed by atoms with Gasteiger partial charge in [-0.25, -0.2) is 8.78 Å². The summed E-state index contributed by atoms with van der Waals surface area (Å²) >= 11 is 0. The summed E-state index contributed by atoms with van der Waals surface area (Å²) < 4.78 is 28.4. The summed E-state index contributed by atoms with van der Waals surface area (Å²) in [4.78, 5) is 1.61. The van der Waals surface area contributed by atoms with E-state index < -0.39 is 11.6 Å². The molecule has 0 saturated heterocycles. The van der Waals surface area contributed by atoms with Crippen LogP contribution in [0.3, 0.4) is 0 Å². The van der Waals surface area contributed by atoms with Gasteiger partial charge in [0.1, 0.15) is 17.3 Å². The van der Waals surface area contributed by atoms with E-state index in [2.05, 4.69) is 5.32 Å². The van der Waals surface area contributed by atoms with Crippen LogP contribution in [0.5, 0.6) is 0 Å². The van der Waals surface area contributed by atoms with Crippen LogP contribution in [0, 0.1) is 11.6 Å². The third-order valence-corrected chi connectivity index (χ3v) is 3.18. The van der Waals surface area contributed by atoms with Crippen LogP contribution in [0.2, 0.25) is 0 Å². The predicted octanol–water partition coefficient (Wildman–Crippen LogP) is 3.06. The fraction of sp³-hybridized carbons (Fsp3) is 0.625. The largest absolute Gasteiger partial charge is 0.396 e. The van der Waals surface area contributed by atoms with Crippen LogP contribution in [0.25, 0.3) is 0 Å². The fourth-order valence-electron chi connectivity index (χ4n) is 2.08. The summed E-state index contributed by atoms with van der Waals surface area (Å²) in [6.07, 6.45) is 0.486. The molecule has 0 bridgehead atoms. The summed E-state index contributed by atoms with van der Waals surface area (Å²) in [5, 5.41) is 12.1. The molecule has 3 nitrogen and oxygen atoms in total. The Hall–Kier alpha value is -1.20. The van der Waals surface area contributed by atoms with Crippen molar-refractivity contribution in [2.24, 2.45) is 0 Å². The van der Waals surface area contributed by atoms with E-state index in [1.54, 1.807) is 4.90 Å². The van der Waals surface area contributed by atoms with E-state index in [4.69, 9.17) is 5.11 Å². The maximum absolute atomic E-state index is 14.2. The quantitative estimate of drug-likeness (QED) is 0.812. The molecule has 0 radical (unpaired) electrons. The monoisotopic (exact) mass is 300 g/mol. The molecular weight excluding hydrogens is 274 g/mol. The standard InChI is InChI=1S/C16H26F2N2O/c1-5-20(7-6-8-21)15-13(17)9-12(10-14(15)18)11-19-16(2,3)4/h9-10,19,21H,5-8,11H2,1-4H3. The smallest absolute Gasteiger partial charge is 0.149 e. The van der Waals surface area contributed by atoms with Crippen molar-refractivity contribution in [1.82, 2.24) is 5.32 Å². The Morgan fingerprint density at radius 2 is 1.76 bits per heavy atom. The van der Waals surface area contributed by atoms with Gasteiger partial charge in [-0.05, 0) is 51.8 Å². The lowest BCUT2D eigenvalue weighted by molar-refractivity contribution is 0.289. The Morgan fingerprint density at radius 1 is 1.19 bits per heavy atom. The number of benzene rings is 1. The summed E-state index contributed by atoms with van der Waals surface area (Å²) in [7, 11) is 0. The van der Waals surface area contributed by atoms with Gasteiger partial charge in [-0.3, -0.25) is 0 Å². The molecule has 21 heavy (non-hydrogen) atoms. The molecule has 120 valence electrons. The second-order valence-corrected chi connectivity index (χ2v) is 6.17. The molecule has 0 spiro atoms. The van der Waals surface area contributed by atoms with Crippen molar-refractivity contribution in [3.8, 4) is 0 Å². The zero-order valence-corrected chi connectivity index (χ0v) is 13.3. The summed E-state index contributed by atoms with van der Waals surface area (Å²) in [6.45, 7) is 9.19. The van der Waals surface area contributed by atoms with Gasteiger partial charge in [0, 0.05) is 31.8 Å². The van der Waals surface area contributed by atoms with Gasteiger partial charge in [-0.15, -0.1) is 0 Å². The first-order chi connectivity index (χ1) is 9.78. The van der Waals surface area contributed by atoms with E-state index in [0.29, 0.717) is 31.6 Å². The lowest BCUT2D eigenvalue weighted by Crippen LogP contribution is -2.35. The molecule has 0 atom stereocenters. The highest BCUT2D eigenvalue weighted by molar-refractivity contribution is 5.50. The van der Waals surface area contributed by atoms with E-state index in [-0.39, 0.29) is 17.8 Å². The molecule has 1 aromatic rings. The molecule has 0 unspecified atom stereocenters. The topological polar surface area (TPSA) is 35.5 Å². The second-order valence-electron chi connectivity index (χ2n) is 6.17. The number of nitrogens with one attached hydrogen (secondary N) is 1. The van der Waals surface area contributed by atoms with Crippen LogP contribution >= 0.6 is 0 Å². The molecule has 0 aliphatic carbocycles. The van der Waals surface area contributed by atoms with E-state index in [0.717, 1.165) is 0 Å². The first-order valence-electron chi connectivity index (χ1n) is 7.37. The van der Waals surface area contributed by atoms with Gasteiger partial charge in [0.15, 0.2) is 0 Å². The first kappa shape index (κ1) is 17.9. The zero-order chi connectivity index (χ0) is 16.0. The fourth-order valence-corrected chi connectivity index (χ4v) is 2.08. The summed E-state index contributed by atoms with van der Waals surface area (Å²) in [5.74, 6) is -1.11. The van der Waals surface area contributed by atoms with Crippen molar-refractivity contribution in [2.45, 2.75) is 46.2 Å². The zero-order valence-electron chi connectivity index (χ0n) is 13.3. The van der Waals surface area contributed by atoms with Crippen molar-refractivity contribution < 1.29 is 13.9 Å². The number of anilines is 1. The van der Waals surface area contributed by atoms with E-state index in [9.17, 15) is 8.78 Å². The third-order valence-electron chi connectivity index (χ3n) is 3.18. The van der Waals surface area contributed by atoms with Crippen LogP contribution in [0.15, 0.2) is 12.1 Å². The van der Waals surface area contributed by atoms with E-state index >= 15 is 0 Å². The van der Waals surface area contributed by atoms with E-state index in [1.807, 2.05) is 27.7 Å². The van der Waals surface area contributed by atoms with Gasteiger partial charge in [0.25, 0.3) is 0 Å². The van der Waals surface area contributed by atoms with Crippen LogP contribution in [0.1, 0.15) is 39.7 Å². The Morgan fingerprint density at radius 3 is 2.19 bits per heavy atom. The van der Waals surface area contributed by atoms with Gasteiger partial charge >= 0.3 is 0 Å². The van der Waals surface area contributed by atoms with E-state index in [1.165, 1.54) is 12.1 Å². The van der Waals surface area contributed by atoms with Crippen LogP contribution in [0.4, 0.5) is 14.5 Å².